The molecule has 0 N–H and O–H groups in total. The van der Waals surface area contributed by atoms with Crippen LogP contribution in [0.25, 0.3) is 0 Å². The van der Waals surface area contributed by atoms with Gasteiger partial charge in [-0.15, -0.1) is 10.2 Å². The van der Waals surface area contributed by atoms with E-state index in [-0.39, 0.29) is 12.4 Å². The fourth-order valence-corrected chi connectivity index (χ4v) is 1.50. The topological polar surface area (TPSA) is 103 Å². The molecular weight excluding hydrogens is 262 g/mol. The number of carbonyl (C=O) groups excluding carboxylic acids is 1. The Bertz CT molecular complexity index is 674. The maximum atomic E-state index is 11.4. The highest BCUT2D eigenvalue weighted by atomic mass is 16.5. The fraction of sp³-hybridized carbons (Fsp3) is 0.250. The third kappa shape index (κ3) is 2.89. The predicted molar refractivity (Wildman–Crippen MR) is 65.6 cm³/mol. The molecule has 0 fully saturated rings. The fourth-order valence-electron chi connectivity index (χ4n) is 1.50. The van der Waals surface area contributed by atoms with Gasteiger partial charge in [0, 0.05) is 0 Å². The van der Waals surface area contributed by atoms with E-state index >= 15 is 0 Å². The van der Waals surface area contributed by atoms with E-state index in [9.17, 15) is 4.79 Å². The number of aromatic nitrogens is 4. The highest BCUT2D eigenvalue weighted by Crippen LogP contribution is 2.21. The molecule has 2 rings (SSSR count). The summed E-state index contributed by atoms with van der Waals surface area (Å²) in [4.78, 5) is 12.7. The quantitative estimate of drug-likeness (QED) is 0.745. The summed E-state index contributed by atoms with van der Waals surface area (Å²) in [5.41, 5.74) is 0.607. The summed E-state index contributed by atoms with van der Waals surface area (Å²) in [5.74, 6) is 0.139. The summed E-state index contributed by atoms with van der Waals surface area (Å²) in [6.07, 6.45) is 0. The Kier molecular flexibility index (Phi) is 3.91. The summed E-state index contributed by atoms with van der Waals surface area (Å²) < 4.78 is 10.1. The van der Waals surface area contributed by atoms with Crippen LogP contribution in [0.4, 0.5) is 0 Å². The zero-order chi connectivity index (χ0) is 14.5. The molecule has 1 heterocycles. The van der Waals surface area contributed by atoms with E-state index in [1.54, 1.807) is 7.05 Å². The molecule has 0 atom stereocenters. The molecule has 0 aliphatic carbocycles. The second kappa shape index (κ2) is 5.79. The molecule has 20 heavy (non-hydrogen) atoms. The molecule has 0 unspecified atom stereocenters. The van der Waals surface area contributed by atoms with E-state index in [1.807, 2.05) is 6.07 Å². The van der Waals surface area contributed by atoms with Crippen LogP contribution in [0.2, 0.25) is 0 Å². The summed E-state index contributed by atoms with van der Waals surface area (Å²) in [6, 6.07) is 6.42. The number of aryl methyl sites for hydroxylation is 1. The molecule has 2 aromatic rings. The van der Waals surface area contributed by atoms with Crippen LogP contribution < -0.4 is 4.74 Å². The van der Waals surface area contributed by atoms with E-state index in [2.05, 4.69) is 20.1 Å². The van der Waals surface area contributed by atoms with E-state index in [0.717, 1.165) is 0 Å². The number of nitriles is 1. The van der Waals surface area contributed by atoms with Gasteiger partial charge in [-0.1, -0.05) is 0 Å². The molecule has 0 radical (unpaired) electrons. The number of esters is 1. The van der Waals surface area contributed by atoms with Gasteiger partial charge in [-0.25, -0.2) is 4.79 Å². The number of rotatable bonds is 4. The van der Waals surface area contributed by atoms with Crippen molar-refractivity contribution in [1.29, 1.82) is 5.26 Å². The largest absolute Gasteiger partial charge is 0.484 e. The van der Waals surface area contributed by atoms with E-state index in [0.29, 0.717) is 17.0 Å². The first-order valence-electron chi connectivity index (χ1n) is 5.62. The van der Waals surface area contributed by atoms with Crippen LogP contribution in [0.5, 0.6) is 5.75 Å². The van der Waals surface area contributed by atoms with Crippen molar-refractivity contribution in [3.8, 4) is 11.8 Å². The van der Waals surface area contributed by atoms with Gasteiger partial charge in [0.2, 0.25) is 5.82 Å². The van der Waals surface area contributed by atoms with Crippen LogP contribution in [0.1, 0.15) is 21.7 Å². The monoisotopic (exact) mass is 273 g/mol. The van der Waals surface area contributed by atoms with Crippen LogP contribution in [0.15, 0.2) is 18.2 Å². The molecule has 1 aromatic heterocycles. The van der Waals surface area contributed by atoms with Crippen molar-refractivity contribution in [3.63, 3.8) is 0 Å². The van der Waals surface area contributed by atoms with Crippen LogP contribution >= 0.6 is 0 Å². The standard InChI is InChI=1S/C12H11N5O3/c1-17-15-11(14-16-17)7-20-10-5-8(12(18)19-2)3-4-9(10)6-13/h3-5H,7H2,1-2H3. The molecule has 1 aromatic carbocycles. The first kappa shape index (κ1) is 13.5. The van der Waals surface area contributed by atoms with Gasteiger partial charge in [-0.2, -0.15) is 10.1 Å². The Hall–Kier alpha value is -2.95. The number of carbonyl (C=O) groups is 1. The van der Waals surface area contributed by atoms with Gasteiger partial charge in [-0.05, 0) is 23.4 Å². The average Bonchev–Trinajstić information content (AvgIpc) is 2.89. The van der Waals surface area contributed by atoms with Crippen molar-refractivity contribution in [2.75, 3.05) is 7.11 Å². The normalized spacial score (nSPS) is 9.85. The Balaban J connectivity index is 2.20. The maximum Gasteiger partial charge on any atom is 0.337 e. The minimum absolute atomic E-state index is 0.0488. The second-order valence-electron chi connectivity index (χ2n) is 3.80. The Morgan fingerprint density at radius 3 is 2.90 bits per heavy atom. The minimum atomic E-state index is -0.503. The molecule has 102 valence electrons. The molecule has 0 bridgehead atoms. The molecule has 0 saturated carbocycles. The highest BCUT2D eigenvalue weighted by Gasteiger charge is 2.12. The third-order valence-electron chi connectivity index (χ3n) is 2.43. The van der Waals surface area contributed by atoms with Crippen molar-refractivity contribution >= 4 is 5.97 Å². The molecule has 8 nitrogen and oxygen atoms in total. The first-order chi connectivity index (χ1) is 9.63. The molecule has 0 amide bonds. The summed E-state index contributed by atoms with van der Waals surface area (Å²) in [5, 5.41) is 20.4. The van der Waals surface area contributed by atoms with Crippen molar-refractivity contribution in [3.05, 3.63) is 35.2 Å². The molecule has 0 saturated heterocycles. The summed E-state index contributed by atoms with van der Waals surface area (Å²) >= 11 is 0. The lowest BCUT2D eigenvalue weighted by molar-refractivity contribution is 0.0600. The number of tetrazole rings is 1. The molecule has 0 aliphatic heterocycles. The van der Waals surface area contributed by atoms with Gasteiger partial charge >= 0.3 is 5.97 Å². The third-order valence-corrected chi connectivity index (χ3v) is 2.43. The number of hydrogen-bond donors (Lipinski definition) is 0. The minimum Gasteiger partial charge on any atom is -0.484 e. The number of benzene rings is 1. The molecule has 8 heteroatoms. The van der Waals surface area contributed by atoms with Gasteiger partial charge in [0.15, 0.2) is 6.61 Å². The van der Waals surface area contributed by atoms with Gasteiger partial charge in [0.1, 0.15) is 11.8 Å². The smallest absolute Gasteiger partial charge is 0.337 e. The summed E-state index contributed by atoms with van der Waals surface area (Å²) in [6.45, 7) is 0.0488. The van der Waals surface area contributed by atoms with Gasteiger partial charge in [0.05, 0.1) is 25.3 Å². The van der Waals surface area contributed by atoms with E-state index in [4.69, 9.17) is 10.00 Å². The average molecular weight is 273 g/mol. The van der Waals surface area contributed by atoms with Crippen LogP contribution in [0.3, 0.4) is 0 Å². The van der Waals surface area contributed by atoms with Crippen LogP contribution in [-0.4, -0.2) is 33.3 Å². The van der Waals surface area contributed by atoms with Gasteiger partial charge in [0.25, 0.3) is 0 Å². The van der Waals surface area contributed by atoms with E-state index < -0.39 is 5.97 Å². The Morgan fingerprint density at radius 1 is 1.50 bits per heavy atom. The lowest BCUT2D eigenvalue weighted by Crippen LogP contribution is -2.04. The Labute approximate surface area is 114 Å². The lowest BCUT2D eigenvalue weighted by Gasteiger charge is -2.07. The maximum absolute atomic E-state index is 11.4. The zero-order valence-electron chi connectivity index (χ0n) is 10.9. The predicted octanol–water partition coefficient (Wildman–Crippen LogP) is 0.447. The van der Waals surface area contributed by atoms with Gasteiger partial charge < -0.3 is 9.47 Å². The summed E-state index contributed by atoms with van der Waals surface area (Å²) in [7, 11) is 2.92. The molecule has 0 aliphatic rings. The van der Waals surface area contributed by atoms with Crippen molar-refractivity contribution < 1.29 is 14.3 Å². The molecular formula is C12H11N5O3. The van der Waals surface area contributed by atoms with E-state index in [1.165, 1.54) is 30.1 Å². The van der Waals surface area contributed by atoms with Gasteiger partial charge in [-0.3, -0.25) is 0 Å². The Morgan fingerprint density at radius 2 is 2.30 bits per heavy atom. The number of hydrogen-bond acceptors (Lipinski definition) is 7. The zero-order valence-corrected chi connectivity index (χ0v) is 10.9. The highest BCUT2D eigenvalue weighted by molar-refractivity contribution is 5.90. The molecule has 0 spiro atoms. The van der Waals surface area contributed by atoms with Crippen molar-refractivity contribution in [2.45, 2.75) is 6.61 Å². The number of ether oxygens (including phenoxy) is 2. The number of methoxy groups -OCH3 is 1. The van der Waals surface area contributed by atoms with Crippen molar-refractivity contribution in [1.82, 2.24) is 20.2 Å². The SMILES string of the molecule is COC(=O)c1ccc(C#N)c(OCc2nnn(C)n2)c1. The van der Waals surface area contributed by atoms with Crippen molar-refractivity contribution in [2.24, 2.45) is 7.05 Å². The first-order valence-corrected chi connectivity index (χ1v) is 5.62. The van der Waals surface area contributed by atoms with Crippen LogP contribution in [-0.2, 0) is 18.4 Å². The number of nitrogens with zero attached hydrogens (tertiary/aromatic N) is 5. The second-order valence-corrected chi connectivity index (χ2v) is 3.80. The lowest BCUT2D eigenvalue weighted by atomic mass is 10.1. The van der Waals surface area contributed by atoms with Crippen LogP contribution in [0, 0.1) is 11.3 Å².